The molecule has 0 spiro atoms. The predicted molar refractivity (Wildman–Crippen MR) is 53.0 cm³/mol. The number of anilines is 1. The fourth-order valence-corrected chi connectivity index (χ4v) is 1.76. The summed E-state index contributed by atoms with van der Waals surface area (Å²) >= 11 is 8.96. The molecule has 2 heterocycles. The van der Waals surface area contributed by atoms with Crippen LogP contribution in [0.4, 0.5) is 5.82 Å². The lowest BCUT2D eigenvalue weighted by Gasteiger charge is -2.37. The summed E-state index contributed by atoms with van der Waals surface area (Å²) < 4.78 is 0.795. The highest BCUT2D eigenvalue weighted by molar-refractivity contribution is 9.10. The maximum Gasteiger partial charge on any atom is 0.224 e. The van der Waals surface area contributed by atoms with Crippen LogP contribution in [-0.4, -0.2) is 34.3 Å². The maximum absolute atomic E-state index is 9.11. The highest BCUT2D eigenvalue weighted by Gasteiger charge is 2.27. The molecule has 0 aliphatic carbocycles. The molecular weight excluding hydrogens is 257 g/mol. The number of aromatic nitrogens is 2. The van der Waals surface area contributed by atoms with Gasteiger partial charge in [-0.05, 0) is 27.5 Å². The van der Waals surface area contributed by atoms with Gasteiger partial charge >= 0.3 is 0 Å². The van der Waals surface area contributed by atoms with Gasteiger partial charge in [-0.3, -0.25) is 0 Å². The Labute approximate surface area is 88.7 Å². The van der Waals surface area contributed by atoms with Gasteiger partial charge in [-0.25, -0.2) is 4.98 Å². The molecule has 0 radical (unpaired) electrons. The van der Waals surface area contributed by atoms with Crippen LogP contribution in [0.2, 0.25) is 5.28 Å². The van der Waals surface area contributed by atoms with E-state index in [1.54, 1.807) is 6.20 Å². The first-order chi connectivity index (χ1) is 6.16. The lowest BCUT2D eigenvalue weighted by atomic mass is 10.2. The summed E-state index contributed by atoms with van der Waals surface area (Å²) in [6.07, 6.45) is 1.36. The van der Waals surface area contributed by atoms with Crippen LogP contribution >= 0.6 is 27.5 Å². The van der Waals surface area contributed by atoms with Crippen LogP contribution in [0.1, 0.15) is 0 Å². The van der Waals surface area contributed by atoms with Gasteiger partial charge in [-0.2, -0.15) is 4.98 Å². The highest BCUT2D eigenvalue weighted by atomic mass is 79.9. The molecule has 1 N–H and O–H groups in total. The number of aliphatic hydroxyl groups is 1. The number of nitrogens with zero attached hydrogens (tertiary/aromatic N) is 3. The minimum atomic E-state index is -0.249. The van der Waals surface area contributed by atoms with E-state index in [-0.39, 0.29) is 11.4 Å². The van der Waals surface area contributed by atoms with Gasteiger partial charge in [-0.15, -0.1) is 0 Å². The first-order valence-corrected chi connectivity index (χ1v) is 4.95. The lowest BCUT2D eigenvalue weighted by Crippen LogP contribution is -2.51. The number of halogens is 2. The molecule has 0 atom stereocenters. The predicted octanol–water partition coefficient (Wildman–Crippen LogP) is 1.07. The molecule has 0 amide bonds. The fraction of sp³-hybridized carbons (Fsp3) is 0.429. The Hall–Kier alpha value is -0.390. The van der Waals surface area contributed by atoms with Crippen LogP contribution in [0.25, 0.3) is 0 Å². The molecule has 1 aliphatic rings. The molecule has 1 fully saturated rings. The normalized spacial score (nSPS) is 17.3. The molecule has 13 heavy (non-hydrogen) atoms. The Morgan fingerprint density at radius 3 is 2.92 bits per heavy atom. The second-order valence-corrected chi connectivity index (χ2v) is 4.06. The Balaban J connectivity index is 2.24. The van der Waals surface area contributed by atoms with Gasteiger partial charge < -0.3 is 10.0 Å². The van der Waals surface area contributed by atoms with Crippen LogP contribution in [0, 0.1) is 0 Å². The molecule has 0 saturated carbocycles. The van der Waals surface area contributed by atoms with E-state index in [1.165, 1.54) is 0 Å². The second kappa shape index (κ2) is 3.40. The number of β-amino-alcohol motifs (C(OH)–C–C–N with tert-alkyl or cyclic N) is 1. The number of hydrogen-bond acceptors (Lipinski definition) is 4. The second-order valence-electron chi connectivity index (χ2n) is 2.87. The molecule has 1 aliphatic heterocycles. The van der Waals surface area contributed by atoms with Gasteiger partial charge in [-0.1, -0.05) is 0 Å². The third-order valence-corrected chi connectivity index (χ3v) is 2.60. The van der Waals surface area contributed by atoms with Crippen LogP contribution in [0.3, 0.4) is 0 Å². The third kappa shape index (κ3) is 1.77. The fourth-order valence-electron chi connectivity index (χ4n) is 1.19. The largest absolute Gasteiger partial charge is 0.389 e. The molecule has 0 unspecified atom stereocenters. The van der Waals surface area contributed by atoms with Crippen molar-refractivity contribution < 1.29 is 5.11 Å². The molecule has 1 aromatic heterocycles. The maximum atomic E-state index is 9.11. The van der Waals surface area contributed by atoms with E-state index < -0.39 is 0 Å². The van der Waals surface area contributed by atoms with Gasteiger partial charge in [0.2, 0.25) is 5.28 Å². The van der Waals surface area contributed by atoms with E-state index in [4.69, 9.17) is 16.7 Å². The molecule has 4 nitrogen and oxygen atoms in total. The molecule has 0 aromatic carbocycles. The van der Waals surface area contributed by atoms with Crippen molar-refractivity contribution in [3.8, 4) is 0 Å². The van der Waals surface area contributed by atoms with E-state index in [1.807, 2.05) is 4.90 Å². The zero-order valence-electron chi connectivity index (χ0n) is 6.61. The average Bonchev–Trinajstić information content (AvgIpc) is 2.04. The van der Waals surface area contributed by atoms with Crippen LogP contribution < -0.4 is 4.90 Å². The molecule has 70 valence electrons. The zero-order valence-corrected chi connectivity index (χ0v) is 8.96. The molecule has 2 rings (SSSR count). The molecular formula is C7H7BrClN3O. The summed E-state index contributed by atoms with van der Waals surface area (Å²) in [7, 11) is 0. The summed E-state index contributed by atoms with van der Waals surface area (Å²) in [6.45, 7) is 1.21. The van der Waals surface area contributed by atoms with Crippen LogP contribution in [-0.2, 0) is 0 Å². The summed E-state index contributed by atoms with van der Waals surface area (Å²) in [6, 6.07) is 0. The van der Waals surface area contributed by atoms with Crippen molar-refractivity contribution in [3.05, 3.63) is 16.0 Å². The molecule has 0 bridgehead atoms. The summed E-state index contributed by atoms with van der Waals surface area (Å²) in [5.41, 5.74) is 0. The first-order valence-electron chi connectivity index (χ1n) is 3.78. The molecule has 1 aromatic rings. The van der Waals surface area contributed by atoms with Gasteiger partial charge in [0.1, 0.15) is 5.82 Å². The Bertz CT molecular complexity index is 330. The van der Waals surface area contributed by atoms with E-state index in [9.17, 15) is 0 Å². The van der Waals surface area contributed by atoms with Crippen molar-refractivity contribution in [2.45, 2.75) is 6.10 Å². The van der Waals surface area contributed by atoms with Gasteiger partial charge in [0.15, 0.2) is 0 Å². The van der Waals surface area contributed by atoms with Crippen molar-refractivity contribution in [3.63, 3.8) is 0 Å². The molecule has 1 saturated heterocycles. The minimum absolute atomic E-state index is 0.222. The Kier molecular flexibility index (Phi) is 2.40. The number of aliphatic hydroxyl groups excluding tert-OH is 1. The standard InChI is InChI=1S/C7H7BrClN3O/c8-5-1-10-7(9)11-6(5)12-2-4(13)3-12/h1,4,13H,2-3H2. The summed E-state index contributed by atoms with van der Waals surface area (Å²) in [5.74, 6) is 0.741. The van der Waals surface area contributed by atoms with E-state index in [2.05, 4.69) is 25.9 Å². The summed E-state index contributed by atoms with van der Waals surface area (Å²) in [4.78, 5) is 9.80. The topological polar surface area (TPSA) is 49.2 Å². The highest BCUT2D eigenvalue weighted by Crippen LogP contribution is 2.27. The van der Waals surface area contributed by atoms with E-state index >= 15 is 0 Å². The van der Waals surface area contributed by atoms with Gasteiger partial charge in [0, 0.05) is 19.3 Å². The quantitative estimate of drug-likeness (QED) is 0.771. The Morgan fingerprint density at radius 1 is 1.62 bits per heavy atom. The van der Waals surface area contributed by atoms with Crippen LogP contribution in [0.5, 0.6) is 0 Å². The first kappa shape index (κ1) is 9.18. The molecule has 6 heteroatoms. The lowest BCUT2D eigenvalue weighted by molar-refractivity contribution is 0.141. The van der Waals surface area contributed by atoms with Crippen molar-refractivity contribution in [1.29, 1.82) is 0 Å². The van der Waals surface area contributed by atoms with Crippen molar-refractivity contribution in [1.82, 2.24) is 9.97 Å². The third-order valence-electron chi connectivity index (χ3n) is 1.86. The SMILES string of the molecule is OC1CN(c2nc(Cl)ncc2Br)C1. The number of hydrogen-bond donors (Lipinski definition) is 1. The van der Waals surface area contributed by atoms with Crippen LogP contribution in [0.15, 0.2) is 10.7 Å². The number of rotatable bonds is 1. The van der Waals surface area contributed by atoms with Gasteiger partial charge in [0.05, 0.1) is 10.6 Å². The summed E-state index contributed by atoms with van der Waals surface area (Å²) in [5, 5.41) is 9.33. The smallest absolute Gasteiger partial charge is 0.224 e. The van der Waals surface area contributed by atoms with Gasteiger partial charge in [0.25, 0.3) is 0 Å². The van der Waals surface area contributed by atoms with Crippen molar-refractivity contribution in [2.75, 3.05) is 18.0 Å². The van der Waals surface area contributed by atoms with Crippen molar-refractivity contribution in [2.24, 2.45) is 0 Å². The van der Waals surface area contributed by atoms with Crippen molar-refractivity contribution >= 4 is 33.3 Å². The monoisotopic (exact) mass is 263 g/mol. The van der Waals surface area contributed by atoms with E-state index in [0.717, 1.165) is 10.3 Å². The minimum Gasteiger partial charge on any atom is -0.389 e. The zero-order chi connectivity index (χ0) is 9.42. The van der Waals surface area contributed by atoms with E-state index in [0.29, 0.717) is 13.1 Å². The Morgan fingerprint density at radius 2 is 2.31 bits per heavy atom. The average molecular weight is 265 g/mol.